The van der Waals surface area contributed by atoms with Crippen LogP contribution in [0.2, 0.25) is 0 Å². The molecule has 1 amide bonds. The van der Waals surface area contributed by atoms with E-state index in [2.05, 4.69) is 0 Å². The molecule has 130 valence electrons. The summed E-state index contributed by atoms with van der Waals surface area (Å²) in [5, 5.41) is 0. The maximum absolute atomic E-state index is 12.3. The second kappa shape index (κ2) is 7.25. The second-order valence-electron chi connectivity index (χ2n) is 5.60. The number of hydrogen-bond donors (Lipinski definition) is 0. The topological polar surface area (TPSA) is 65.1 Å². The molecule has 6 heteroatoms. The summed E-state index contributed by atoms with van der Waals surface area (Å²) in [6.07, 6.45) is 1.45. The predicted octanol–water partition coefficient (Wildman–Crippen LogP) is 3.05. The highest BCUT2D eigenvalue weighted by Gasteiger charge is 2.21. The minimum absolute atomic E-state index is 0.120. The summed E-state index contributed by atoms with van der Waals surface area (Å²) in [5.74, 6) is 1.04. The summed E-state index contributed by atoms with van der Waals surface area (Å²) in [7, 11) is 3.04. The van der Waals surface area contributed by atoms with Crippen molar-refractivity contribution < 1.29 is 23.8 Å². The molecule has 0 unspecified atom stereocenters. The van der Waals surface area contributed by atoms with Gasteiger partial charge in [-0.15, -0.1) is 0 Å². The molecule has 0 saturated carbocycles. The smallest absolute Gasteiger partial charge is 0.343 e. The molecule has 1 fully saturated rings. The average molecular weight is 341 g/mol. The van der Waals surface area contributed by atoms with E-state index in [1.54, 1.807) is 47.4 Å². The number of amides is 1. The van der Waals surface area contributed by atoms with E-state index in [9.17, 15) is 9.59 Å². The van der Waals surface area contributed by atoms with Crippen LogP contribution in [0.4, 0.5) is 5.69 Å². The van der Waals surface area contributed by atoms with Crippen LogP contribution >= 0.6 is 0 Å². The third-order valence-corrected chi connectivity index (χ3v) is 4.05. The fraction of sp³-hybridized carbons (Fsp3) is 0.263. The molecule has 1 aliphatic rings. The number of methoxy groups -OCH3 is 2. The summed E-state index contributed by atoms with van der Waals surface area (Å²) < 4.78 is 15.7. The van der Waals surface area contributed by atoms with Crippen molar-refractivity contribution in [2.75, 3.05) is 25.7 Å². The van der Waals surface area contributed by atoms with Crippen LogP contribution in [-0.2, 0) is 4.79 Å². The number of nitrogens with zero attached hydrogens (tertiary/aromatic N) is 1. The molecule has 0 radical (unpaired) electrons. The van der Waals surface area contributed by atoms with Crippen molar-refractivity contribution in [2.24, 2.45) is 0 Å². The van der Waals surface area contributed by atoms with Gasteiger partial charge in [-0.3, -0.25) is 4.79 Å². The number of esters is 1. The van der Waals surface area contributed by atoms with E-state index in [1.165, 1.54) is 14.2 Å². The highest BCUT2D eigenvalue weighted by Crippen LogP contribution is 2.28. The third kappa shape index (κ3) is 3.57. The minimum atomic E-state index is -0.494. The normalized spacial score (nSPS) is 13.7. The van der Waals surface area contributed by atoms with Crippen molar-refractivity contribution in [3.63, 3.8) is 0 Å². The van der Waals surface area contributed by atoms with Gasteiger partial charge in [0.2, 0.25) is 5.91 Å². The number of rotatable bonds is 5. The largest absolute Gasteiger partial charge is 0.493 e. The quantitative estimate of drug-likeness (QED) is 0.618. The van der Waals surface area contributed by atoms with Crippen molar-refractivity contribution in [1.82, 2.24) is 0 Å². The Hall–Kier alpha value is -3.02. The maximum Gasteiger partial charge on any atom is 0.343 e. The van der Waals surface area contributed by atoms with Gasteiger partial charge in [-0.05, 0) is 48.9 Å². The number of carbonyl (C=O) groups is 2. The van der Waals surface area contributed by atoms with Crippen LogP contribution in [0, 0.1) is 0 Å². The summed E-state index contributed by atoms with van der Waals surface area (Å²) >= 11 is 0. The Morgan fingerprint density at radius 2 is 1.72 bits per heavy atom. The van der Waals surface area contributed by atoms with Gasteiger partial charge in [0.15, 0.2) is 11.5 Å². The number of anilines is 1. The average Bonchev–Trinajstić information content (AvgIpc) is 3.07. The summed E-state index contributed by atoms with van der Waals surface area (Å²) in [6, 6.07) is 11.7. The summed E-state index contributed by atoms with van der Waals surface area (Å²) in [4.78, 5) is 25.8. The Morgan fingerprint density at radius 1 is 1.00 bits per heavy atom. The molecule has 2 aromatic rings. The van der Waals surface area contributed by atoms with Crippen LogP contribution in [0.25, 0.3) is 0 Å². The molecule has 25 heavy (non-hydrogen) atoms. The van der Waals surface area contributed by atoms with Gasteiger partial charge in [0.1, 0.15) is 5.75 Å². The predicted molar refractivity (Wildman–Crippen MR) is 92.5 cm³/mol. The molecule has 0 aliphatic carbocycles. The number of carbonyl (C=O) groups excluding carboxylic acids is 2. The highest BCUT2D eigenvalue weighted by molar-refractivity contribution is 5.95. The van der Waals surface area contributed by atoms with Gasteiger partial charge < -0.3 is 19.1 Å². The van der Waals surface area contributed by atoms with Crippen molar-refractivity contribution >= 4 is 17.6 Å². The lowest BCUT2D eigenvalue weighted by molar-refractivity contribution is -0.117. The van der Waals surface area contributed by atoms with E-state index >= 15 is 0 Å². The first-order valence-corrected chi connectivity index (χ1v) is 7.97. The molecule has 6 nitrogen and oxygen atoms in total. The van der Waals surface area contributed by atoms with Crippen molar-refractivity contribution in [3.05, 3.63) is 48.0 Å². The van der Waals surface area contributed by atoms with Gasteiger partial charge in [-0.25, -0.2) is 4.79 Å². The standard InChI is InChI=1S/C19H19NO5/c1-23-16-10-5-13(12-17(16)24-2)19(22)25-15-8-6-14(7-9-15)20-11-3-4-18(20)21/h5-10,12H,3-4,11H2,1-2H3. The lowest BCUT2D eigenvalue weighted by Crippen LogP contribution is -2.23. The SMILES string of the molecule is COc1ccc(C(=O)Oc2ccc(N3CCCC3=O)cc2)cc1OC. The Bertz CT molecular complexity index is 785. The first kappa shape index (κ1) is 16.8. The molecule has 1 heterocycles. The molecular weight excluding hydrogens is 322 g/mol. The van der Waals surface area contributed by atoms with Gasteiger partial charge in [0.05, 0.1) is 19.8 Å². The Balaban J connectivity index is 1.71. The van der Waals surface area contributed by atoms with E-state index in [4.69, 9.17) is 14.2 Å². The van der Waals surface area contributed by atoms with Gasteiger partial charge in [0.25, 0.3) is 0 Å². The van der Waals surface area contributed by atoms with Gasteiger partial charge in [-0.2, -0.15) is 0 Å². The van der Waals surface area contributed by atoms with Crippen molar-refractivity contribution in [1.29, 1.82) is 0 Å². The van der Waals surface area contributed by atoms with E-state index in [1.807, 2.05) is 0 Å². The zero-order valence-electron chi connectivity index (χ0n) is 14.2. The molecule has 0 bridgehead atoms. The van der Waals surface area contributed by atoms with Crippen molar-refractivity contribution in [3.8, 4) is 17.2 Å². The number of benzene rings is 2. The van der Waals surface area contributed by atoms with Crippen LogP contribution < -0.4 is 19.1 Å². The number of hydrogen-bond acceptors (Lipinski definition) is 5. The summed E-state index contributed by atoms with van der Waals surface area (Å²) in [5.41, 5.74) is 1.17. The van der Waals surface area contributed by atoms with Crippen molar-refractivity contribution in [2.45, 2.75) is 12.8 Å². The van der Waals surface area contributed by atoms with E-state index in [0.29, 0.717) is 29.2 Å². The molecular formula is C19H19NO5. The van der Waals surface area contributed by atoms with Crippen LogP contribution in [-0.4, -0.2) is 32.6 Å². The second-order valence-corrected chi connectivity index (χ2v) is 5.60. The fourth-order valence-corrected chi connectivity index (χ4v) is 2.74. The molecule has 2 aromatic carbocycles. The Kier molecular flexibility index (Phi) is 4.88. The van der Waals surface area contributed by atoms with E-state index in [-0.39, 0.29) is 5.91 Å². The Morgan fingerprint density at radius 3 is 2.32 bits per heavy atom. The molecule has 3 rings (SSSR count). The van der Waals surface area contributed by atoms with Gasteiger partial charge in [0, 0.05) is 18.7 Å². The van der Waals surface area contributed by atoms with Crippen LogP contribution in [0.15, 0.2) is 42.5 Å². The zero-order valence-corrected chi connectivity index (χ0v) is 14.2. The number of ether oxygens (including phenoxy) is 3. The van der Waals surface area contributed by atoms with E-state index in [0.717, 1.165) is 18.7 Å². The highest BCUT2D eigenvalue weighted by atomic mass is 16.5. The lowest BCUT2D eigenvalue weighted by atomic mass is 10.2. The summed E-state index contributed by atoms with van der Waals surface area (Å²) in [6.45, 7) is 0.726. The van der Waals surface area contributed by atoms with Crippen LogP contribution in [0.1, 0.15) is 23.2 Å². The first-order chi connectivity index (χ1) is 12.1. The maximum atomic E-state index is 12.3. The van der Waals surface area contributed by atoms with E-state index < -0.39 is 5.97 Å². The molecule has 0 spiro atoms. The fourth-order valence-electron chi connectivity index (χ4n) is 2.74. The van der Waals surface area contributed by atoms with Gasteiger partial charge in [-0.1, -0.05) is 0 Å². The molecule has 0 atom stereocenters. The van der Waals surface area contributed by atoms with Crippen LogP contribution in [0.5, 0.6) is 17.2 Å². The van der Waals surface area contributed by atoms with Crippen LogP contribution in [0.3, 0.4) is 0 Å². The minimum Gasteiger partial charge on any atom is -0.493 e. The first-order valence-electron chi connectivity index (χ1n) is 7.97. The molecule has 1 saturated heterocycles. The van der Waals surface area contributed by atoms with Gasteiger partial charge >= 0.3 is 5.97 Å². The monoisotopic (exact) mass is 341 g/mol. The molecule has 0 N–H and O–H groups in total. The Labute approximate surface area is 145 Å². The lowest BCUT2D eigenvalue weighted by Gasteiger charge is -2.15. The molecule has 1 aliphatic heterocycles. The molecule has 0 aromatic heterocycles. The zero-order chi connectivity index (χ0) is 17.8. The third-order valence-electron chi connectivity index (χ3n) is 4.05.